The number of nitrogen functional groups attached to an aromatic ring is 1. The highest BCUT2D eigenvalue weighted by atomic mass is 79.9. The largest absolute Gasteiger partial charge is 0.490 e. The summed E-state index contributed by atoms with van der Waals surface area (Å²) in [4.78, 5) is 8.18. The smallest absolute Gasteiger partial charge is 0.205 e. The standard InChI is InChI=1S/C13H16BrN5O/c1-7-4-9(5-8(2)10(7)14)18-12-11(20-3)13(19-15)17-6-16-12/h4-6H,15H2,1-3H3,(H2,16,17,18,19). The summed E-state index contributed by atoms with van der Waals surface area (Å²) in [5, 5.41) is 3.21. The van der Waals surface area contributed by atoms with Crippen molar-refractivity contribution >= 4 is 33.3 Å². The molecule has 0 saturated carbocycles. The van der Waals surface area contributed by atoms with E-state index >= 15 is 0 Å². The number of halogens is 1. The summed E-state index contributed by atoms with van der Waals surface area (Å²) < 4.78 is 6.38. The summed E-state index contributed by atoms with van der Waals surface area (Å²) in [6, 6.07) is 4.04. The summed E-state index contributed by atoms with van der Waals surface area (Å²) in [6.07, 6.45) is 1.42. The van der Waals surface area contributed by atoms with E-state index < -0.39 is 0 Å². The second-order valence-electron chi connectivity index (χ2n) is 4.30. The number of methoxy groups -OCH3 is 1. The summed E-state index contributed by atoms with van der Waals surface area (Å²) in [5.74, 6) is 6.85. The van der Waals surface area contributed by atoms with Gasteiger partial charge < -0.3 is 15.5 Å². The molecule has 0 radical (unpaired) electrons. The van der Waals surface area contributed by atoms with Crippen molar-refractivity contribution in [1.82, 2.24) is 9.97 Å². The number of benzene rings is 1. The van der Waals surface area contributed by atoms with Crippen LogP contribution in [-0.2, 0) is 0 Å². The monoisotopic (exact) mass is 337 g/mol. The molecule has 1 aromatic carbocycles. The van der Waals surface area contributed by atoms with E-state index in [9.17, 15) is 0 Å². The Bertz CT molecular complexity index is 609. The van der Waals surface area contributed by atoms with E-state index in [2.05, 4.69) is 36.6 Å². The molecular formula is C13H16BrN5O. The van der Waals surface area contributed by atoms with E-state index in [1.54, 1.807) is 7.11 Å². The Morgan fingerprint density at radius 3 is 2.30 bits per heavy atom. The van der Waals surface area contributed by atoms with Crippen molar-refractivity contribution in [3.8, 4) is 5.75 Å². The molecule has 7 heteroatoms. The van der Waals surface area contributed by atoms with Gasteiger partial charge in [0.15, 0.2) is 11.6 Å². The number of hydrazine groups is 1. The Morgan fingerprint density at radius 1 is 1.15 bits per heavy atom. The number of nitrogens with two attached hydrogens (primary N) is 1. The lowest BCUT2D eigenvalue weighted by Gasteiger charge is -2.14. The highest BCUT2D eigenvalue weighted by molar-refractivity contribution is 9.10. The zero-order valence-corrected chi connectivity index (χ0v) is 13.1. The Balaban J connectivity index is 2.40. The molecule has 1 heterocycles. The number of nitrogens with one attached hydrogen (secondary N) is 2. The van der Waals surface area contributed by atoms with Gasteiger partial charge in [-0.1, -0.05) is 15.9 Å². The number of aromatic nitrogens is 2. The average Bonchev–Trinajstić information content (AvgIpc) is 2.44. The number of hydrogen-bond donors (Lipinski definition) is 3. The number of nitrogens with zero attached hydrogens (tertiary/aromatic N) is 2. The molecule has 2 rings (SSSR count). The van der Waals surface area contributed by atoms with Gasteiger partial charge >= 0.3 is 0 Å². The average molecular weight is 338 g/mol. The first-order valence-electron chi connectivity index (χ1n) is 5.96. The molecule has 20 heavy (non-hydrogen) atoms. The topological polar surface area (TPSA) is 85.1 Å². The normalized spacial score (nSPS) is 10.2. The maximum absolute atomic E-state index is 5.40. The number of aryl methyl sites for hydroxylation is 2. The van der Waals surface area contributed by atoms with E-state index in [1.165, 1.54) is 6.33 Å². The van der Waals surface area contributed by atoms with Gasteiger partial charge in [-0.05, 0) is 37.1 Å². The molecular weight excluding hydrogens is 322 g/mol. The van der Waals surface area contributed by atoms with Crippen LogP contribution in [-0.4, -0.2) is 17.1 Å². The van der Waals surface area contributed by atoms with Crippen LogP contribution >= 0.6 is 15.9 Å². The summed E-state index contributed by atoms with van der Waals surface area (Å²) >= 11 is 3.55. The molecule has 0 saturated heterocycles. The second-order valence-corrected chi connectivity index (χ2v) is 5.09. The van der Waals surface area contributed by atoms with Gasteiger partial charge in [0.05, 0.1) is 7.11 Å². The van der Waals surface area contributed by atoms with Gasteiger partial charge in [-0.15, -0.1) is 0 Å². The third kappa shape index (κ3) is 2.83. The minimum absolute atomic E-state index is 0.426. The van der Waals surface area contributed by atoms with Crippen molar-refractivity contribution in [2.45, 2.75) is 13.8 Å². The molecule has 4 N–H and O–H groups in total. The fraction of sp³-hybridized carbons (Fsp3) is 0.231. The van der Waals surface area contributed by atoms with Gasteiger partial charge in [0, 0.05) is 10.2 Å². The van der Waals surface area contributed by atoms with Crippen LogP contribution in [0.3, 0.4) is 0 Å². The molecule has 0 atom stereocenters. The van der Waals surface area contributed by atoms with Gasteiger partial charge in [0.1, 0.15) is 6.33 Å². The SMILES string of the molecule is COc1c(NN)ncnc1Nc1cc(C)c(Br)c(C)c1. The van der Waals surface area contributed by atoms with Crippen LogP contribution in [0.25, 0.3) is 0 Å². The number of anilines is 3. The molecule has 0 aliphatic heterocycles. The molecule has 0 unspecified atom stereocenters. The Hall–Kier alpha value is -1.86. The van der Waals surface area contributed by atoms with Crippen molar-refractivity contribution < 1.29 is 4.74 Å². The predicted octanol–water partition coefficient (Wildman–Crippen LogP) is 2.89. The first-order valence-corrected chi connectivity index (χ1v) is 6.75. The van der Waals surface area contributed by atoms with Gasteiger partial charge in [0.2, 0.25) is 5.75 Å². The zero-order valence-electron chi connectivity index (χ0n) is 11.5. The quantitative estimate of drug-likeness (QED) is 0.587. The van der Waals surface area contributed by atoms with E-state index in [4.69, 9.17) is 10.6 Å². The minimum Gasteiger partial charge on any atom is -0.490 e. The van der Waals surface area contributed by atoms with Gasteiger partial charge in [-0.25, -0.2) is 15.8 Å². The zero-order chi connectivity index (χ0) is 14.7. The van der Waals surface area contributed by atoms with Crippen molar-refractivity contribution in [3.63, 3.8) is 0 Å². The first-order chi connectivity index (χ1) is 9.56. The first kappa shape index (κ1) is 14.5. The van der Waals surface area contributed by atoms with E-state index in [-0.39, 0.29) is 0 Å². The van der Waals surface area contributed by atoms with Gasteiger partial charge in [-0.2, -0.15) is 0 Å². The number of rotatable bonds is 4. The maximum Gasteiger partial charge on any atom is 0.205 e. The maximum atomic E-state index is 5.40. The molecule has 0 spiro atoms. The molecule has 1 aromatic heterocycles. The van der Waals surface area contributed by atoms with Crippen LogP contribution in [0.2, 0.25) is 0 Å². The molecule has 0 bridgehead atoms. The fourth-order valence-electron chi connectivity index (χ4n) is 1.91. The van der Waals surface area contributed by atoms with Crippen LogP contribution in [0.5, 0.6) is 5.75 Å². The van der Waals surface area contributed by atoms with E-state index in [1.807, 2.05) is 26.0 Å². The summed E-state index contributed by atoms with van der Waals surface area (Å²) in [6.45, 7) is 4.07. The van der Waals surface area contributed by atoms with Crippen LogP contribution in [0, 0.1) is 13.8 Å². The van der Waals surface area contributed by atoms with Crippen molar-refractivity contribution in [3.05, 3.63) is 34.1 Å². The highest BCUT2D eigenvalue weighted by Gasteiger charge is 2.12. The Labute approximate surface area is 125 Å². The van der Waals surface area contributed by atoms with Crippen LogP contribution < -0.4 is 21.3 Å². The second kappa shape index (κ2) is 6.06. The summed E-state index contributed by atoms with van der Waals surface area (Å²) in [7, 11) is 1.54. The van der Waals surface area contributed by atoms with E-state index in [0.717, 1.165) is 21.3 Å². The summed E-state index contributed by atoms with van der Waals surface area (Å²) in [5.41, 5.74) is 5.67. The molecule has 6 nitrogen and oxygen atoms in total. The molecule has 0 amide bonds. The number of hydrogen-bond acceptors (Lipinski definition) is 6. The van der Waals surface area contributed by atoms with Crippen LogP contribution in [0.1, 0.15) is 11.1 Å². The highest BCUT2D eigenvalue weighted by Crippen LogP contribution is 2.32. The fourth-order valence-corrected chi connectivity index (χ4v) is 2.14. The van der Waals surface area contributed by atoms with Gasteiger partial charge in [-0.3, -0.25) is 0 Å². The molecule has 106 valence electrons. The minimum atomic E-state index is 0.426. The lowest BCUT2D eigenvalue weighted by molar-refractivity contribution is 0.415. The lowest BCUT2D eigenvalue weighted by Crippen LogP contribution is -2.11. The third-order valence-electron chi connectivity index (χ3n) is 2.84. The lowest BCUT2D eigenvalue weighted by atomic mass is 10.1. The Morgan fingerprint density at radius 2 is 1.75 bits per heavy atom. The van der Waals surface area contributed by atoms with Crippen LogP contribution in [0.4, 0.5) is 17.3 Å². The van der Waals surface area contributed by atoms with Gasteiger partial charge in [0.25, 0.3) is 0 Å². The molecule has 2 aromatic rings. The van der Waals surface area contributed by atoms with Crippen molar-refractivity contribution in [1.29, 1.82) is 0 Å². The van der Waals surface area contributed by atoms with Crippen molar-refractivity contribution in [2.24, 2.45) is 5.84 Å². The Kier molecular flexibility index (Phi) is 4.41. The molecule has 0 fully saturated rings. The molecule has 0 aliphatic rings. The molecule has 0 aliphatic carbocycles. The third-order valence-corrected chi connectivity index (χ3v) is 4.09. The van der Waals surface area contributed by atoms with Crippen molar-refractivity contribution in [2.75, 3.05) is 17.9 Å². The number of ether oxygens (including phenoxy) is 1. The van der Waals surface area contributed by atoms with E-state index in [0.29, 0.717) is 17.4 Å². The van der Waals surface area contributed by atoms with Crippen LogP contribution in [0.15, 0.2) is 22.9 Å². The predicted molar refractivity (Wildman–Crippen MR) is 83.3 cm³/mol.